The van der Waals surface area contributed by atoms with E-state index >= 15 is 0 Å². The summed E-state index contributed by atoms with van der Waals surface area (Å²) in [5.74, 6) is 0.203. The second kappa shape index (κ2) is 7.70. The molecule has 2 aromatic heterocycles. The fourth-order valence-electron chi connectivity index (χ4n) is 2.86. The van der Waals surface area contributed by atoms with Crippen molar-refractivity contribution in [1.29, 1.82) is 0 Å². The highest BCUT2D eigenvalue weighted by molar-refractivity contribution is 7.15. The molecule has 0 N–H and O–H groups in total. The lowest BCUT2D eigenvalue weighted by atomic mass is 9.97. The molecule has 0 saturated carbocycles. The first kappa shape index (κ1) is 18.8. The van der Waals surface area contributed by atoms with Crippen molar-refractivity contribution in [2.75, 3.05) is 25.1 Å². The summed E-state index contributed by atoms with van der Waals surface area (Å²) in [6.07, 6.45) is -1.99. The van der Waals surface area contributed by atoms with Crippen LogP contribution in [0.3, 0.4) is 0 Å². The first-order valence-corrected chi connectivity index (χ1v) is 8.88. The van der Waals surface area contributed by atoms with Crippen molar-refractivity contribution in [1.82, 2.24) is 19.7 Å². The molecule has 2 aromatic rings. The molecular weight excluding hydrogens is 371 g/mol. The predicted octanol–water partition coefficient (Wildman–Crippen LogP) is 2.18. The molecule has 0 radical (unpaired) electrons. The third-order valence-electron chi connectivity index (χ3n) is 4.23. The van der Waals surface area contributed by atoms with Crippen LogP contribution in [0, 0.1) is 5.92 Å². The van der Waals surface area contributed by atoms with E-state index in [1.807, 2.05) is 0 Å². The van der Waals surface area contributed by atoms with Crippen molar-refractivity contribution in [3.8, 4) is 0 Å². The first-order chi connectivity index (χ1) is 12.4. The van der Waals surface area contributed by atoms with E-state index in [9.17, 15) is 18.0 Å². The number of anilines is 1. The zero-order chi connectivity index (χ0) is 18.7. The molecule has 0 aliphatic carbocycles. The number of alkyl halides is 3. The Bertz CT molecular complexity index is 799. The van der Waals surface area contributed by atoms with E-state index < -0.39 is 17.4 Å². The van der Waals surface area contributed by atoms with E-state index in [-0.39, 0.29) is 5.92 Å². The number of ether oxygens (including phenoxy) is 1. The van der Waals surface area contributed by atoms with Crippen molar-refractivity contribution in [3.63, 3.8) is 0 Å². The molecule has 142 valence electrons. The SMILES string of the molecule is COCc1nnc(N2CCC(Cn3cnc(C(F)(F)F)cc3=O)CC2)s1. The van der Waals surface area contributed by atoms with Crippen molar-refractivity contribution in [2.45, 2.75) is 32.2 Å². The quantitative estimate of drug-likeness (QED) is 0.781. The topological polar surface area (TPSA) is 73.1 Å². The van der Waals surface area contributed by atoms with Gasteiger partial charge in [-0.1, -0.05) is 11.3 Å². The molecule has 7 nitrogen and oxygen atoms in total. The van der Waals surface area contributed by atoms with Gasteiger partial charge in [-0.15, -0.1) is 10.2 Å². The maximum absolute atomic E-state index is 12.6. The number of hydrogen-bond acceptors (Lipinski definition) is 7. The van der Waals surface area contributed by atoms with Gasteiger partial charge in [-0.2, -0.15) is 13.2 Å². The van der Waals surface area contributed by atoms with Crippen LogP contribution in [0.5, 0.6) is 0 Å². The second-order valence-electron chi connectivity index (χ2n) is 6.10. The van der Waals surface area contributed by atoms with E-state index in [1.54, 1.807) is 7.11 Å². The van der Waals surface area contributed by atoms with Crippen molar-refractivity contribution < 1.29 is 17.9 Å². The van der Waals surface area contributed by atoms with Gasteiger partial charge in [0.05, 0.1) is 6.33 Å². The fraction of sp³-hybridized carbons (Fsp3) is 0.600. The molecule has 3 rings (SSSR count). The number of piperidine rings is 1. The number of methoxy groups -OCH3 is 1. The molecule has 0 unspecified atom stereocenters. The summed E-state index contributed by atoms with van der Waals surface area (Å²) in [4.78, 5) is 17.4. The highest BCUT2D eigenvalue weighted by atomic mass is 32.1. The van der Waals surface area contributed by atoms with Crippen molar-refractivity contribution in [2.24, 2.45) is 5.92 Å². The van der Waals surface area contributed by atoms with Gasteiger partial charge < -0.3 is 9.64 Å². The molecular formula is C15H18F3N5O2S. The summed E-state index contributed by atoms with van der Waals surface area (Å²) in [6, 6.07) is 0.549. The predicted molar refractivity (Wildman–Crippen MR) is 89.1 cm³/mol. The van der Waals surface area contributed by atoms with Crippen LogP contribution < -0.4 is 10.5 Å². The average molecular weight is 389 g/mol. The van der Waals surface area contributed by atoms with Gasteiger partial charge in [0.25, 0.3) is 5.56 Å². The standard InChI is InChI=1S/C15H18F3N5O2S/c1-25-8-12-20-21-14(26-12)22-4-2-10(3-5-22)7-23-9-19-11(6-13(23)24)15(16,17)18/h6,9-10H,2-5,7-8H2,1H3. The molecule has 0 spiro atoms. The highest BCUT2D eigenvalue weighted by Gasteiger charge is 2.33. The van der Waals surface area contributed by atoms with Crippen LogP contribution in [-0.4, -0.2) is 39.9 Å². The lowest BCUT2D eigenvalue weighted by Crippen LogP contribution is -2.36. The number of nitrogens with zero attached hydrogens (tertiary/aromatic N) is 5. The summed E-state index contributed by atoms with van der Waals surface area (Å²) in [6.45, 7) is 2.31. The van der Waals surface area contributed by atoms with Crippen LogP contribution in [0.2, 0.25) is 0 Å². The third-order valence-corrected chi connectivity index (χ3v) is 5.19. The fourth-order valence-corrected chi connectivity index (χ4v) is 3.72. The Morgan fingerprint density at radius 2 is 2.04 bits per heavy atom. The lowest BCUT2D eigenvalue weighted by molar-refractivity contribution is -0.141. The van der Waals surface area contributed by atoms with Crippen LogP contribution in [0.25, 0.3) is 0 Å². The minimum atomic E-state index is -4.60. The molecule has 26 heavy (non-hydrogen) atoms. The van der Waals surface area contributed by atoms with Gasteiger partial charge in [0.1, 0.15) is 11.6 Å². The van der Waals surface area contributed by atoms with Crippen LogP contribution in [0.1, 0.15) is 23.5 Å². The lowest BCUT2D eigenvalue weighted by Gasteiger charge is -2.31. The molecule has 1 aliphatic rings. The smallest absolute Gasteiger partial charge is 0.377 e. The van der Waals surface area contributed by atoms with Gasteiger partial charge >= 0.3 is 6.18 Å². The van der Waals surface area contributed by atoms with Gasteiger partial charge in [0.2, 0.25) is 5.13 Å². The minimum absolute atomic E-state index is 0.203. The van der Waals surface area contributed by atoms with Crippen molar-refractivity contribution in [3.05, 3.63) is 33.4 Å². The van der Waals surface area contributed by atoms with Gasteiger partial charge in [-0.05, 0) is 18.8 Å². The second-order valence-corrected chi connectivity index (χ2v) is 7.14. The van der Waals surface area contributed by atoms with E-state index in [4.69, 9.17) is 4.74 Å². The molecule has 3 heterocycles. The van der Waals surface area contributed by atoms with Gasteiger partial charge in [0, 0.05) is 32.8 Å². The van der Waals surface area contributed by atoms with Crippen LogP contribution in [-0.2, 0) is 24.1 Å². The van der Waals surface area contributed by atoms with E-state index in [0.29, 0.717) is 19.2 Å². The average Bonchev–Trinajstić information content (AvgIpc) is 3.05. The Morgan fingerprint density at radius 3 is 2.65 bits per heavy atom. The summed E-state index contributed by atoms with van der Waals surface area (Å²) in [5.41, 5.74) is -1.83. The summed E-state index contributed by atoms with van der Waals surface area (Å²) < 4.78 is 44.0. The van der Waals surface area contributed by atoms with E-state index in [2.05, 4.69) is 20.1 Å². The Hall–Kier alpha value is -2.01. The molecule has 0 amide bonds. The third kappa shape index (κ3) is 4.39. The molecule has 0 atom stereocenters. The monoisotopic (exact) mass is 389 g/mol. The molecule has 1 fully saturated rings. The number of hydrogen-bond donors (Lipinski definition) is 0. The number of rotatable bonds is 5. The maximum Gasteiger partial charge on any atom is 0.433 e. The van der Waals surface area contributed by atoms with Crippen molar-refractivity contribution >= 4 is 16.5 Å². The molecule has 11 heteroatoms. The van der Waals surface area contributed by atoms with E-state index in [1.165, 1.54) is 15.9 Å². The van der Waals surface area contributed by atoms with Crippen LogP contribution >= 0.6 is 11.3 Å². The van der Waals surface area contributed by atoms with Gasteiger partial charge in [0.15, 0.2) is 5.69 Å². The first-order valence-electron chi connectivity index (χ1n) is 8.07. The van der Waals surface area contributed by atoms with Gasteiger partial charge in [-0.25, -0.2) is 4.98 Å². The van der Waals surface area contributed by atoms with Crippen LogP contribution in [0.15, 0.2) is 17.2 Å². The normalized spacial score (nSPS) is 16.2. The molecule has 0 bridgehead atoms. The van der Waals surface area contributed by atoms with E-state index in [0.717, 1.165) is 42.4 Å². The maximum atomic E-state index is 12.6. The zero-order valence-electron chi connectivity index (χ0n) is 14.1. The Kier molecular flexibility index (Phi) is 5.56. The largest absolute Gasteiger partial charge is 0.433 e. The summed E-state index contributed by atoms with van der Waals surface area (Å²) in [5, 5.41) is 9.87. The number of aromatic nitrogens is 4. The highest BCUT2D eigenvalue weighted by Crippen LogP contribution is 2.28. The Labute approximate surface area is 151 Å². The molecule has 1 saturated heterocycles. The molecule has 1 aliphatic heterocycles. The molecule has 0 aromatic carbocycles. The zero-order valence-corrected chi connectivity index (χ0v) is 14.9. The Morgan fingerprint density at radius 1 is 1.31 bits per heavy atom. The van der Waals surface area contributed by atoms with Gasteiger partial charge in [-0.3, -0.25) is 9.36 Å². The summed E-state index contributed by atoms with van der Waals surface area (Å²) >= 11 is 1.48. The Balaban J connectivity index is 1.58. The summed E-state index contributed by atoms with van der Waals surface area (Å²) in [7, 11) is 1.60. The van der Waals surface area contributed by atoms with Crippen LogP contribution in [0.4, 0.5) is 18.3 Å². The number of halogens is 3. The minimum Gasteiger partial charge on any atom is -0.377 e.